The molecule has 1 heterocycles. The number of rotatable bonds is 1. The highest BCUT2D eigenvalue weighted by atomic mass is 19.4. The summed E-state index contributed by atoms with van der Waals surface area (Å²) in [6.45, 7) is 5.40. The molecule has 0 spiro atoms. The van der Waals surface area contributed by atoms with Gasteiger partial charge in [-0.1, -0.05) is 0 Å². The molecule has 1 aliphatic heterocycles. The molecule has 0 radical (unpaired) electrons. The molecule has 94 valence electrons. The second kappa shape index (κ2) is 4.13. The molecule has 1 N–H and O–H groups in total. The monoisotopic (exact) mass is 244 g/mol. The average Bonchev–Trinajstić information content (AvgIpc) is 2.25. The van der Waals surface area contributed by atoms with Crippen LogP contribution in [0.5, 0.6) is 0 Å². The lowest BCUT2D eigenvalue weighted by atomic mass is 10.1. The number of nitrogens with zero attached hydrogens (tertiary/aromatic N) is 1. The second-order valence-corrected chi connectivity index (χ2v) is 4.31. The van der Waals surface area contributed by atoms with Crippen molar-refractivity contribution >= 4 is 11.4 Å². The highest BCUT2D eigenvalue weighted by Gasteiger charge is 2.32. The van der Waals surface area contributed by atoms with Crippen molar-refractivity contribution in [2.45, 2.75) is 26.1 Å². The quantitative estimate of drug-likeness (QED) is 0.815. The molecule has 2 nitrogen and oxygen atoms in total. The number of nitrogens with one attached hydrogen (secondary N) is 1. The lowest BCUT2D eigenvalue weighted by Crippen LogP contribution is -2.39. The number of hydrogen-bond donors (Lipinski definition) is 1. The highest BCUT2D eigenvalue weighted by Crippen LogP contribution is 2.37. The maximum atomic E-state index is 12.6. The van der Waals surface area contributed by atoms with Gasteiger partial charge in [-0.2, -0.15) is 13.2 Å². The molecule has 0 fully saturated rings. The first-order chi connectivity index (χ1) is 7.91. The summed E-state index contributed by atoms with van der Waals surface area (Å²) in [6, 6.07) is 4.10. The lowest BCUT2D eigenvalue weighted by Gasteiger charge is -2.35. The summed E-state index contributed by atoms with van der Waals surface area (Å²) in [4.78, 5) is 1.96. The molecular formula is C12H15F3N2. The molecule has 5 heteroatoms. The van der Waals surface area contributed by atoms with Crippen molar-refractivity contribution in [1.29, 1.82) is 0 Å². The number of benzene rings is 1. The average molecular weight is 244 g/mol. The molecule has 1 unspecified atom stereocenters. The standard InChI is InChI=1S/C12H15F3N2/c1-3-17-7-8(2)16-10-5-4-9(6-11(10)17)12(13,14)15/h4-6,8,16H,3,7H2,1-2H3. The van der Waals surface area contributed by atoms with E-state index in [9.17, 15) is 13.2 Å². The van der Waals surface area contributed by atoms with Gasteiger partial charge < -0.3 is 10.2 Å². The van der Waals surface area contributed by atoms with Crippen LogP contribution < -0.4 is 10.2 Å². The van der Waals surface area contributed by atoms with Gasteiger partial charge in [0.1, 0.15) is 0 Å². The molecule has 0 saturated heterocycles. The van der Waals surface area contributed by atoms with Crippen LogP contribution in [0.1, 0.15) is 19.4 Å². The van der Waals surface area contributed by atoms with E-state index in [2.05, 4.69) is 5.32 Å². The van der Waals surface area contributed by atoms with Gasteiger partial charge in [0.05, 0.1) is 16.9 Å². The lowest BCUT2D eigenvalue weighted by molar-refractivity contribution is -0.137. The van der Waals surface area contributed by atoms with Crippen molar-refractivity contribution in [3.8, 4) is 0 Å². The van der Waals surface area contributed by atoms with E-state index in [1.165, 1.54) is 12.1 Å². The SMILES string of the molecule is CCN1CC(C)Nc2ccc(C(F)(F)F)cc21. The van der Waals surface area contributed by atoms with Crippen LogP contribution in [0, 0.1) is 0 Å². The summed E-state index contributed by atoms with van der Waals surface area (Å²) < 4.78 is 37.9. The number of likely N-dealkylation sites (N-methyl/N-ethyl adjacent to an activating group) is 1. The Kier molecular flexibility index (Phi) is 2.93. The summed E-state index contributed by atoms with van der Waals surface area (Å²) in [7, 11) is 0. The van der Waals surface area contributed by atoms with Crippen LogP contribution in [0.4, 0.5) is 24.5 Å². The Bertz CT molecular complexity index is 415. The molecule has 17 heavy (non-hydrogen) atoms. The predicted octanol–water partition coefficient (Wildman–Crippen LogP) is 3.35. The van der Waals surface area contributed by atoms with Crippen molar-refractivity contribution in [3.05, 3.63) is 23.8 Å². The van der Waals surface area contributed by atoms with Crippen LogP contribution in [-0.2, 0) is 6.18 Å². The number of anilines is 2. The van der Waals surface area contributed by atoms with Crippen molar-refractivity contribution < 1.29 is 13.2 Å². The summed E-state index contributed by atoms with van der Waals surface area (Å²) in [6.07, 6.45) is -4.28. The van der Waals surface area contributed by atoms with Crippen molar-refractivity contribution in [1.82, 2.24) is 0 Å². The van der Waals surface area contributed by atoms with Crippen molar-refractivity contribution in [2.75, 3.05) is 23.3 Å². The molecule has 0 amide bonds. The first kappa shape index (κ1) is 12.1. The topological polar surface area (TPSA) is 15.3 Å². The number of fused-ring (bicyclic) bond motifs is 1. The van der Waals surface area contributed by atoms with Crippen molar-refractivity contribution in [3.63, 3.8) is 0 Å². The fraction of sp³-hybridized carbons (Fsp3) is 0.500. The van der Waals surface area contributed by atoms with E-state index in [0.717, 1.165) is 18.3 Å². The first-order valence-corrected chi connectivity index (χ1v) is 5.64. The van der Waals surface area contributed by atoms with E-state index in [4.69, 9.17) is 0 Å². The maximum Gasteiger partial charge on any atom is 0.416 e. The molecule has 0 saturated carbocycles. The highest BCUT2D eigenvalue weighted by molar-refractivity contribution is 5.73. The zero-order valence-electron chi connectivity index (χ0n) is 9.80. The number of hydrogen-bond acceptors (Lipinski definition) is 2. The van der Waals surface area contributed by atoms with Crippen LogP contribution in [0.25, 0.3) is 0 Å². The summed E-state index contributed by atoms with van der Waals surface area (Å²) in [5.41, 5.74) is 0.824. The van der Waals surface area contributed by atoms with Gasteiger partial charge in [0, 0.05) is 19.1 Å². The Labute approximate surface area is 98.4 Å². The fourth-order valence-corrected chi connectivity index (χ4v) is 2.13. The number of alkyl halides is 3. The van der Waals surface area contributed by atoms with Gasteiger partial charge in [-0.3, -0.25) is 0 Å². The van der Waals surface area contributed by atoms with Gasteiger partial charge in [0.2, 0.25) is 0 Å². The Balaban J connectivity index is 2.43. The molecule has 0 aliphatic carbocycles. The van der Waals surface area contributed by atoms with Crippen molar-refractivity contribution in [2.24, 2.45) is 0 Å². The zero-order valence-corrected chi connectivity index (χ0v) is 9.80. The fourth-order valence-electron chi connectivity index (χ4n) is 2.13. The summed E-state index contributed by atoms with van der Waals surface area (Å²) in [5, 5.41) is 3.19. The predicted molar refractivity (Wildman–Crippen MR) is 62.4 cm³/mol. The third kappa shape index (κ3) is 2.33. The van der Waals surface area contributed by atoms with E-state index in [1.54, 1.807) is 0 Å². The Morgan fingerprint density at radius 2 is 2.12 bits per heavy atom. The third-order valence-corrected chi connectivity index (χ3v) is 2.94. The van der Waals surface area contributed by atoms with Crippen LogP contribution in [-0.4, -0.2) is 19.1 Å². The molecule has 2 rings (SSSR count). The van der Waals surface area contributed by atoms with Gasteiger partial charge >= 0.3 is 6.18 Å². The molecule has 1 atom stereocenters. The van der Waals surface area contributed by atoms with E-state index >= 15 is 0 Å². The summed E-state index contributed by atoms with van der Waals surface area (Å²) >= 11 is 0. The van der Waals surface area contributed by atoms with Gasteiger partial charge in [0.15, 0.2) is 0 Å². The molecular weight excluding hydrogens is 229 g/mol. The maximum absolute atomic E-state index is 12.6. The molecule has 1 aromatic carbocycles. The molecule has 1 aliphatic rings. The normalized spacial score (nSPS) is 19.8. The van der Waals surface area contributed by atoms with Gasteiger partial charge in [-0.05, 0) is 32.0 Å². The minimum atomic E-state index is -4.28. The van der Waals surface area contributed by atoms with Crippen LogP contribution in [0.2, 0.25) is 0 Å². The molecule has 0 bridgehead atoms. The summed E-state index contributed by atoms with van der Waals surface area (Å²) in [5.74, 6) is 0. The van der Waals surface area contributed by atoms with Crippen LogP contribution in [0.3, 0.4) is 0 Å². The molecule has 0 aromatic heterocycles. The van der Waals surface area contributed by atoms with Crippen LogP contribution >= 0.6 is 0 Å². The van der Waals surface area contributed by atoms with E-state index in [1.807, 2.05) is 18.7 Å². The largest absolute Gasteiger partial charge is 0.416 e. The van der Waals surface area contributed by atoms with E-state index in [-0.39, 0.29) is 6.04 Å². The first-order valence-electron chi connectivity index (χ1n) is 5.64. The molecule has 1 aromatic rings. The zero-order chi connectivity index (χ0) is 12.6. The van der Waals surface area contributed by atoms with Gasteiger partial charge in [-0.15, -0.1) is 0 Å². The minimum Gasteiger partial charge on any atom is -0.379 e. The third-order valence-electron chi connectivity index (χ3n) is 2.94. The van der Waals surface area contributed by atoms with Crippen LogP contribution in [0.15, 0.2) is 18.2 Å². The smallest absolute Gasteiger partial charge is 0.379 e. The van der Waals surface area contributed by atoms with Gasteiger partial charge in [0.25, 0.3) is 0 Å². The Hall–Kier alpha value is -1.39. The Morgan fingerprint density at radius 3 is 2.71 bits per heavy atom. The Morgan fingerprint density at radius 1 is 1.41 bits per heavy atom. The number of halogens is 3. The van der Waals surface area contributed by atoms with E-state index < -0.39 is 11.7 Å². The minimum absolute atomic E-state index is 0.249. The second-order valence-electron chi connectivity index (χ2n) is 4.31. The van der Waals surface area contributed by atoms with Gasteiger partial charge in [-0.25, -0.2) is 0 Å². The van der Waals surface area contributed by atoms with E-state index in [0.29, 0.717) is 12.2 Å².